The monoisotopic (exact) mass is 185 g/mol. The van der Waals surface area contributed by atoms with Gasteiger partial charge in [-0.05, 0) is 24.6 Å². The lowest BCUT2D eigenvalue weighted by Gasteiger charge is -2.02. The fraction of sp³-hybridized carbons (Fsp3) is 0.250. The van der Waals surface area contributed by atoms with Crippen LogP contribution in [0, 0.1) is 6.92 Å². The lowest BCUT2D eigenvalue weighted by Crippen LogP contribution is -1.99. The first-order chi connectivity index (χ1) is 5.41. The maximum absolute atomic E-state index is 11.0. The average Bonchev–Trinajstić information content (AvgIpc) is 1.92. The van der Waals surface area contributed by atoms with Gasteiger partial charge in [-0.25, -0.2) is 8.42 Å². The van der Waals surface area contributed by atoms with Gasteiger partial charge in [0.05, 0.1) is 4.90 Å². The fourth-order valence-corrected chi connectivity index (χ4v) is 1.51. The second-order valence-corrected chi connectivity index (χ2v) is 4.81. The van der Waals surface area contributed by atoms with Crippen molar-refractivity contribution < 1.29 is 8.42 Å². The molecule has 0 aliphatic heterocycles. The lowest BCUT2D eigenvalue weighted by atomic mass is 10.2. The van der Waals surface area contributed by atoms with E-state index in [1.54, 1.807) is 12.1 Å². The van der Waals surface area contributed by atoms with Gasteiger partial charge in [0, 0.05) is 11.9 Å². The Morgan fingerprint density at radius 2 is 1.92 bits per heavy atom. The highest BCUT2D eigenvalue weighted by molar-refractivity contribution is 7.90. The molecule has 1 rings (SSSR count). The van der Waals surface area contributed by atoms with Gasteiger partial charge in [-0.3, -0.25) is 0 Å². The highest BCUT2D eigenvalue weighted by Gasteiger charge is 2.07. The Morgan fingerprint density at radius 1 is 1.33 bits per heavy atom. The molecule has 0 aromatic heterocycles. The summed E-state index contributed by atoms with van der Waals surface area (Å²) >= 11 is 0. The summed E-state index contributed by atoms with van der Waals surface area (Å²) in [5.41, 5.74) is 6.96. The van der Waals surface area contributed by atoms with Crippen molar-refractivity contribution in [3.8, 4) is 0 Å². The molecule has 0 atom stereocenters. The highest BCUT2D eigenvalue weighted by Crippen LogP contribution is 2.16. The molecule has 4 heteroatoms. The number of aryl methyl sites for hydroxylation is 1. The summed E-state index contributed by atoms with van der Waals surface area (Å²) in [6.07, 6.45) is 1.16. The van der Waals surface area contributed by atoms with Crippen LogP contribution in [0.25, 0.3) is 0 Å². The van der Waals surface area contributed by atoms with Crippen molar-refractivity contribution in [3.05, 3.63) is 23.8 Å². The predicted octanol–water partition coefficient (Wildman–Crippen LogP) is 0.981. The van der Waals surface area contributed by atoms with Crippen LogP contribution < -0.4 is 5.73 Å². The van der Waals surface area contributed by atoms with Crippen LogP contribution in [0.1, 0.15) is 5.56 Å². The van der Waals surface area contributed by atoms with Crippen LogP contribution in [-0.2, 0) is 9.84 Å². The van der Waals surface area contributed by atoms with Crippen molar-refractivity contribution in [2.75, 3.05) is 12.0 Å². The zero-order valence-electron chi connectivity index (χ0n) is 7.03. The SMILES string of the molecule is Cc1ccc(S(C)(=O)=O)cc1N. The van der Waals surface area contributed by atoms with Gasteiger partial charge < -0.3 is 5.73 Å². The third kappa shape index (κ3) is 1.76. The molecule has 0 amide bonds. The van der Waals surface area contributed by atoms with E-state index in [-0.39, 0.29) is 4.90 Å². The zero-order chi connectivity index (χ0) is 9.35. The normalized spacial score (nSPS) is 11.5. The zero-order valence-corrected chi connectivity index (χ0v) is 7.85. The van der Waals surface area contributed by atoms with Gasteiger partial charge in [-0.1, -0.05) is 6.07 Å². The van der Waals surface area contributed by atoms with E-state index >= 15 is 0 Å². The number of sulfone groups is 1. The minimum absolute atomic E-state index is 0.269. The van der Waals surface area contributed by atoms with Crippen LogP contribution in [0.2, 0.25) is 0 Å². The van der Waals surface area contributed by atoms with Crippen LogP contribution in [0.5, 0.6) is 0 Å². The molecule has 0 saturated carbocycles. The molecule has 1 aromatic carbocycles. The molecule has 0 unspecified atom stereocenters. The minimum atomic E-state index is -3.12. The van der Waals surface area contributed by atoms with Gasteiger partial charge in [0.25, 0.3) is 0 Å². The van der Waals surface area contributed by atoms with Crippen molar-refractivity contribution in [2.45, 2.75) is 11.8 Å². The number of benzene rings is 1. The topological polar surface area (TPSA) is 60.2 Å². The van der Waals surface area contributed by atoms with Crippen molar-refractivity contribution in [2.24, 2.45) is 0 Å². The Balaban J connectivity index is 3.33. The molecule has 3 nitrogen and oxygen atoms in total. The van der Waals surface area contributed by atoms with Crippen molar-refractivity contribution >= 4 is 15.5 Å². The van der Waals surface area contributed by atoms with Crippen LogP contribution in [0.3, 0.4) is 0 Å². The number of hydrogen-bond acceptors (Lipinski definition) is 3. The molecular formula is C8H11NO2S. The summed E-state index contributed by atoms with van der Waals surface area (Å²) in [6, 6.07) is 4.73. The van der Waals surface area contributed by atoms with Crippen molar-refractivity contribution in [3.63, 3.8) is 0 Å². The summed E-state index contributed by atoms with van der Waals surface area (Å²) in [5.74, 6) is 0. The first kappa shape index (κ1) is 9.06. The van der Waals surface area contributed by atoms with Gasteiger partial charge in [-0.2, -0.15) is 0 Å². The van der Waals surface area contributed by atoms with Gasteiger partial charge in [0.2, 0.25) is 0 Å². The molecule has 2 N–H and O–H groups in total. The molecule has 66 valence electrons. The molecule has 0 aliphatic rings. The molecular weight excluding hydrogens is 174 g/mol. The van der Waals surface area contributed by atoms with E-state index in [1.807, 2.05) is 6.92 Å². The van der Waals surface area contributed by atoms with E-state index in [1.165, 1.54) is 6.07 Å². The maximum Gasteiger partial charge on any atom is 0.175 e. The summed E-state index contributed by atoms with van der Waals surface area (Å²) in [4.78, 5) is 0.269. The van der Waals surface area contributed by atoms with E-state index < -0.39 is 9.84 Å². The van der Waals surface area contributed by atoms with Crippen LogP contribution in [-0.4, -0.2) is 14.7 Å². The second-order valence-electron chi connectivity index (χ2n) is 2.79. The first-order valence-corrected chi connectivity index (χ1v) is 5.36. The lowest BCUT2D eigenvalue weighted by molar-refractivity contribution is 0.602. The Bertz CT molecular complexity index is 396. The fourth-order valence-electron chi connectivity index (χ4n) is 0.849. The maximum atomic E-state index is 11.0. The number of rotatable bonds is 1. The van der Waals surface area contributed by atoms with E-state index in [0.29, 0.717) is 5.69 Å². The molecule has 0 saturated heterocycles. The summed E-state index contributed by atoms with van der Waals surface area (Å²) in [6.45, 7) is 1.83. The third-order valence-corrected chi connectivity index (χ3v) is 2.79. The number of anilines is 1. The van der Waals surface area contributed by atoms with E-state index in [4.69, 9.17) is 5.73 Å². The Labute approximate surface area is 72.1 Å². The Hall–Kier alpha value is -1.03. The second kappa shape index (κ2) is 2.79. The molecule has 0 bridgehead atoms. The molecule has 0 aliphatic carbocycles. The first-order valence-electron chi connectivity index (χ1n) is 3.47. The summed E-state index contributed by atoms with van der Waals surface area (Å²) in [5, 5.41) is 0. The number of nitrogen functional groups attached to an aromatic ring is 1. The quantitative estimate of drug-likeness (QED) is 0.663. The molecule has 0 fully saturated rings. The molecule has 0 radical (unpaired) electrons. The molecule has 1 aromatic rings. The molecule has 12 heavy (non-hydrogen) atoms. The van der Waals surface area contributed by atoms with Crippen molar-refractivity contribution in [1.82, 2.24) is 0 Å². The van der Waals surface area contributed by atoms with Gasteiger partial charge in [-0.15, -0.1) is 0 Å². The molecule has 0 heterocycles. The summed E-state index contributed by atoms with van der Waals surface area (Å²) < 4.78 is 22.1. The van der Waals surface area contributed by atoms with Crippen molar-refractivity contribution in [1.29, 1.82) is 0 Å². The largest absolute Gasteiger partial charge is 0.398 e. The minimum Gasteiger partial charge on any atom is -0.398 e. The van der Waals surface area contributed by atoms with Crippen LogP contribution in [0.4, 0.5) is 5.69 Å². The van der Waals surface area contributed by atoms with Crippen LogP contribution in [0.15, 0.2) is 23.1 Å². The smallest absolute Gasteiger partial charge is 0.175 e. The van der Waals surface area contributed by atoms with Gasteiger partial charge >= 0.3 is 0 Å². The predicted molar refractivity (Wildman–Crippen MR) is 48.7 cm³/mol. The standard InChI is InChI=1S/C8H11NO2S/c1-6-3-4-7(5-8(6)9)12(2,10)11/h3-5H,9H2,1-2H3. The highest BCUT2D eigenvalue weighted by atomic mass is 32.2. The average molecular weight is 185 g/mol. The van der Waals surface area contributed by atoms with Gasteiger partial charge in [0.1, 0.15) is 0 Å². The number of nitrogens with two attached hydrogens (primary N) is 1. The Kier molecular flexibility index (Phi) is 2.10. The van der Waals surface area contributed by atoms with E-state index in [2.05, 4.69) is 0 Å². The number of hydrogen-bond donors (Lipinski definition) is 1. The van der Waals surface area contributed by atoms with Gasteiger partial charge in [0.15, 0.2) is 9.84 Å². The van der Waals surface area contributed by atoms with E-state index in [0.717, 1.165) is 11.8 Å². The Morgan fingerprint density at radius 3 is 2.33 bits per heavy atom. The summed E-state index contributed by atoms with van der Waals surface area (Å²) in [7, 11) is -3.12. The third-order valence-electron chi connectivity index (χ3n) is 1.68. The van der Waals surface area contributed by atoms with Crippen LogP contribution >= 0.6 is 0 Å². The molecule has 0 spiro atoms. The van der Waals surface area contributed by atoms with E-state index in [9.17, 15) is 8.42 Å².